The van der Waals surface area contributed by atoms with Crippen molar-refractivity contribution in [3.8, 4) is 0 Å². The molecular formula is C7H5N3OS. The molecule has 2 rings (SSSR count). The van der Waals surface area contributed by atoms with Crippen LogP contribution in [0.5, 0.6) is 0 Å². The minimum absolute atomic E-state index is 0.301. The third-order valence-electron chi connectivity index (χ3n) is 1.48. The monoisotopic (exact) mass is 179 g/mol. The molecule has 1 amide bonds. The number of hydrogen-bond donors (Lipinski definition) is 1. The Kier molecular flexibility index (Phi) is 1.51. The van der Waals surface area contributed by atoms with Gasteiger partial charge in [0.25, 0.3) is 5.91 Å². The lowest BCUT2D eigenvalue weighted by atomic mass is 10.3. The van der Waals surface area contributed by atoms with E-state index in [2.05, 4.69) is 9.97 Å². The summed E-state index contributed by atoms with van der Waals surface area (Å²) in [7, 11) is 0. The fourth-order valence-electron chi connectivity index (χ4n) is 0.967. The molecule has 0 saturated carbocycles. The summed E-state index contributed by atoms with van der Waals surface area (Å²) < 4.78 is 0.755. The van der Waals surface area contributed by atoms with Gasteiger partial charge in [0.1, 0.15) is 5.69 Å². The molecule has 5 heteroatoms. The van der Waals surface area contributed by atoms with Crippen LogP contribution >= 0.6 is 11.3 Å². The number of aromatic nitrogens is 2. The van der Waals surface area contributed by atoms with E-state index in [4.69, 9.17) is 5.73 Å². The van der Waals surface area contributed by atoms with E-state index in [0.29, 0.717) is 5.69 Å². The largest absolute Gasteiger partial charge is 0.364 e. The highest BCUT2D eigenvalue weighted by Crippen LogP contribution is 2.19. The molecule has 0 saturated heterocycles. The second-order valence-corrected chi connectivity index (χ2v) is 3.08. The number of amides is 1. The quantitative estimate of drug-likeness (QED) is 0.703. The van der Waals surface area contributed by atoms with Crippen LogP contribution in [0.1, 0.15) is 10.5 Å². The number of hydrogen-bond acceptors (Lipinski definition) is 4. The van der Waals surface area contributed by atoms with Gasteiger partial charge in [0.15, 0.2) is 0 Å². The molecule has 0 aliphatic rings. The molecule has 2 aromatic heterocycles. The van der Waals surface area contributed by atoms with Crippen LogP contribution in [0.4, 0.5) is 0 Å². The van der Waals surface area contributed by atoms with Gasteiger partial charge in [-0.15, -0.1) is 11.3 Å². The summed E-state index contributed by atoms with van der Waals surface area (Å²) in [5.74, 6) is -0.509. The molecule has 0 aliphatic heterocycles. The Balaban J connectivity index is 2.82. The third-order valence-corrected chi connectivity index (χ3v) is 2.33. The molecule has 0 aliphatic carbocycles. The van der Waals surface area contributed by atoms with E-state index in [1.165, 1.54) is 17.5 Å². The van der Waals surface area contributed by atoms with Gasteiger partial charge in [-0.2, -0.15) is 0 Å². The summed E-state index contributed by atoms with van der Waals surface area (Å²) in [5, 5.41) is 0. The predicted octanol–water partition coefficient (Wildman–Crippen LogP) is 0.790. The zero-order valence-electron chi connectivity index (χ0n) is 6.02. The Labute approximate surface area is 72.1 Å². The maximum absolute atomic E-state index is 10.9. The predicted molar refractivity (Wildman–Crippen MR) is 45.9 cm³/mol. The zero-order valence-corrected chi connectivity index (χ0v) is 6.84. The van der Waals surface area contributed by atoms with E-state index in [1.807, 2.05) is 0 Å². The van der Waals surface area contributed by atoms with Crippen molar-refractivity contribution in [3.63, 3.8) is 0 Å². The standard InChI is InChI=1S/C7H5N3OS/c8-7(11)5-6-4(1-2-9-5)10-3-12-6/h1-3H,(H2,8,11). The van der Waals surface area contributed by atoms with Crippen LogP contribution in [0.3, 0.4) is 0 Å². The van der Waals surface area contributed by atoms with Gasteiger partial charge in [-0.05, 0) is 6.07 Å². The van der Waals surface area contributed by atoms with Gasteiger partial charge in [-0.1, -0.05) is 0 Å². The highest BCUT2D eigenvalue weighted by atomic mass is 32.1. The second kappa shape index (κ2) is 2.53. The Hall–Kier alpha value is -1.49. The third kappa shape index (κ3) is 0.947. The molecule has 0 fully saturated rings. The number of rotatable bonds is 1. The summed E-state index contributed by atoms with van der Waals surface area (Å²) in [6.45, 7) is 0. The van der Waals surface area contributed by atoms with Gasteiger partial charge >= 0.3 is 0 Å². The molecular weight excluding hydrogens is 174 g/mol. The SMILES string of the molecule is NC(=O)c1nccc2ncsc12. The molecule has 0 radical (unpaired) electrons. The average molecular weight is 179 g/mol. The van der Waals surface area contributed by atoms with Crippen molar-refractivity contribution in [2.24, 2.45) is 5.73 Å². The van der Waals surface area contributed by atoms with E-state index in [0.717, 1.165) is 10.2 Å². The Morgan fingerprint density at radius 1 is 1.50 bits per heavy atom. The highest BCUT2D eigenvalue weighted by molar-refractivity contribution is 7.17. The molecule has 0 bridgehead atoms. The molecule has 2 N–H and O–H groups in total. The Morgan fingerprint density at radius 2 is 2.33 bits per heavy atom. The van der Waals surface area contributed by atoms with E-state index < -0.39 is 5.91 Å². The molecule has 0 unspecified atom stereocenters. The van der Waals surface area contributed by atoms with Crippen LogP contribution in [0.15, 0.2) is 17.8 Å². The van der Waals surface area contributed by atoms with Gasteiger partial charge in [0.05, 0.1) is 15.7 Å². The molecule has 2 heterocycles. The zero-order chi connectivity index (χ0) is 8.55. The summed E-state index contributed by atoms with van der Waals surface area (Å²) in [6, 6.07) is 1.75. The Bertz CT molecular complexity index is 437. The first-order valence-corrected chi connectivity index (χ1v) is 4.15. The van der Waals surface area contributed by atoms with Crippen LogP contribution in [-0.4, -0.2) is 15.9 Å². The van der Waals surface area contributed by atoms with Crippen LogP contribution in [0.25, 0.3) is 10.2 Å². The lowest BCUT2D eigenvalue weighted by Gasteiger charge is -1.93. The van der Waals surface area contributed by atoms with E-state index >= 15 is 0 Å². The van der Waals surface area contributed by atoms with Crippen molar-refractivity contribution < 1.29 is 4.79 Å². The van der Waals surface area contributed by atoms with Gasteiger partial charge in [-0.25, -0.2) is 9.97 Å². The van der Waals surface area contributed by atoms with Crippen LogP contribution in [0.2, 0.25) is 0 Å². The molecule has 0 spiro atoms. The van der Waals surface area contributed by atoms with Crippen molar-refractivity contribution >= 4 is 27.5 Å². The van der Waals surface area contributed by atoms with Gasteiger partial charge < -0.3 is 5.73 Å². The molecule has 0 aromatic carbocycles. The highest BCUT2D eigenvalue weighted by Gasteiger charge is 2.08. The first-order chi connectivity index (χ1) is 5.79. The summed E-state index contributed by atoms with van der Waals surface area (Å²) in [6.07, 6.45) is 1.53. The first kappa shape index (κ1) is 7.17. The van der Waals surface area contributed by atoms with Crippen molar-refractivity contribution in [3.05, 3.63) is 23.5 Å². The molecule has 60 valence electrons. The van der Waals surface area contributed by atoms with Crippen molar-refractivity contribution in [2.45, 2.75) is 0 Å². The molecule has 2 aromatic rings. The molecule has 4 nitrogen and oxygen atoms in total. The summed E-state index contributed by atoms with van der Waals surface area (Å²) in [4.78, 5) is 18.8. The minimum atomic E-state index is -0.509. The summed E-state index contributed by atoms with van der Waals surface area (Å²) >= 11 is 1.37. The first-order valence-electron chi connectivity index (χ1n) is 3.27. The normalized spacial score (nSPS) is 10.3. The number of nitrogens with two attached hydrogens (primary N) is 1. The molecule has 12 heavy (non-hydrogen) atoms. The number of pyridine rings is 1. The number of primary amides is 1. The molecule has 0 atom stereocenters. The van der Waals surface area contributed by atoms with Crippen molar-refractivity contribution in [1.82, 2.24) is 9.97 Å². The minimum Gasteiger partial charge on any atom is -0.364 e. The van der Waals surface area contributed by atoms with E-state index in [-0.39, 0.29) is 0 Å². The topological polar surface area (TPSA) is 68.9 Å². The average Bonchev–Trinajstić information content (AvgIpc) is 2.49. The number of carbonyl (C=O) groups is 1. The number of fused-ring (bicyclic) bond motifs is 1. The van der Waals surface area contributed by atoms with Gasteiger partial charge in [0, 0.05) is 6.20 Å². The fraction of sp³-hybridized carbons (Fsp3) is 0. The second-order valence-electron chi connectivity index (χ2n) is 2.22. The van der Waals surface area contributed by atoms with Crippen LogP contribution in [-0.2, 0) is 0 Å². The Morgan fingerprint density at radius 3 is 3.08 bits per heavy atom. The fourth-order valence-corrected chi connectivity index (χ4v) is 1.75. The lowest BCUT2D eigenvalue weighted by Crippen LogP contribution is -2.12. The van der Waals surface area contributed by atoms with Crippen LogP contribution < -0.4 is 5.73 Å². The van der Waals surface area contributed by atoms with Crippen molar-refractivity contribution in [1.29, 1.82) is 0 Å². The van der Waals surface area contributed by atoms with E-state index in [1.54, 1.807) is 11.6 Å². The smallest absolute Gasteiger partial charge is 0.268 e. The maximum Gasteiger partial charge on any atom is 0.268 e. The van der Waals surface area contributed by atoms with E-state index in [9.17, 15) is 4.79 Å². The maximum atomic E-state index is 10.9. The summed E-state index contributed by atoms with van der Waals surface area (Å²) in [5.41, 5.74) is 7.85. The van der Waals surface area contributed by atoms with Gasteiger partial charge in [0.2, 0.25) is 0 Å². The van der Waals surface area contributed by atoms with Gasteiger partial charge in [-0.3, -0.25) is 4.79 Å². The number of thiazole rings is 1. The van der Waals surface area contributed by atoms with Crippen LogP contribution in [0, 0.1) is 0 Å². The van der Waals surface area contributed by atoms with Crippen molar-refractivity contribution in [2.75, 3.05) is 0 Å². The number of carbonyl (C=O) groups excluding carboxylic acids is 1. The lowest BCUT2D eigenvalue weighted by molar-refractivity contribution is 0.0997. The number of nitrogens with zero attached hydrogens (tertiary/aromatic N) is 2.